The number of carbonyl (C=O) groups excluding carboxylic acids is 1. The van der Waals surface area contributed by atoms with Crippen molar-refractivity contribution in [1.29, 1.82) is 0 Å². The number of carboxylic acid groups (broad SMARTS) is 2. The molecule has 0 aliphatic carbocycles. The number of carbonyl (C=O) groups is 3. The summed E-state index contributed by atoms with van der Waals surface area (Å²) in [5, 5.41) is 19.1. The molecule has 0 atom stereocenters. The summed E-state index contributed by atoms with van der Waals surface area (Å²) in [6, 6.07) is 9.13. The van der Waals surface area contributed by atoms with E-state index in [0.29, 0.717) is 26.3 Å². The molecule has 0 aromatic heterocycles. The van der Waals surface area contributed by atoms with Crippen LogP contribution in [0.5, 0.6) is 0 Å². The molecule has 1 saturated heterocycles. The van der Waals surface area contributed by atoms with Gasteiger partial charge in [-0.05, 0) is 12.0 Å². The number of hydrogen-bond donors (Lipinski definition) is 2. The van der Waals surface area contributed by atoms with Gasteiger partial charge in [0.05, 0.1) is 19.6 Å². The fourth-order valence-electron chi connectivity index (χ4n) is 2.63. The summed E-state index contributed by atoms with van der Waals surface area (Å²) < 4.78 is 5.15. The Bertz CT molecular complexity index is 635. The lowest BCUT2D eigenvalue weighted by Crippen LogP contribution is -2.47. The normalized spacial score (nSPS) is 15.3. The highest BCUT2D eigenvalue weighted by atomic mass is 16.5. The average molecular weight is 347 g/mol. The lowest BCUT2D eigenvalue weighted by Gasteiger charge is -2.30. The first-order valence-electron chi connectivity index (χ1n) is 7.99. The van der Waals surface area contributed by atoms with Crippen LogP contribution in [0.4, 0.5) is 0 Å². The van der Waals surface area contributed by atoms with E-state index in [1.165, 1.54) is 11.0 Å². The first kappa shape index (κ1) is 18.7. The van der Waals surface area contributed by atoms with Crippen LogP contribution in [-0.4, -0.2) is 59.3 Å². The summed E-state index contributed by atoms with van der Waals surface area (Å²) >= 11 is 0. The topological polar surface area (TPSA) is 104 Å². The van der Waals surface area contributed by atoms with E-state index in [1.54, 1.807) is 6.08 Å². The lowest BCUT2D eigenvalue weighted by molar-refractivity contribution is -0.168. The quantitative estimate of drug-likeness (QED) is 0.724. The van der Waals surface area contributed by atoms with Crippen molar-refractivity contribution in [3.05, 3.63) is 42.0 Å². The van der Waals surface area contributed by atoms with Crippen LogP contribution in [0.2, 0.25) is 0 Å². The summed E-state index contributed by atoms with van der Waals surface area (Å²) in [7, 11) is 0. The molecule has 1 heterocycles. The molecule has 7 heteroatoms. The summed E-state index contributed by atoms with van der Waals surface area (Å²) in [5.41, 5.74) is -1.35. The van der Waals surface area contributed by atoms with E-state index < -0.39 is 29.7 Å². The molecule has 1 aliphatic rings. The number of hydrogen-bond acceptors (Lipinski definition) is 4. The Morgan fingerprint density at radius 1 is 1.08 bits per heavy atom. The zero-order valence-corrected chi connectivity index (χ0v) is 13.8. The van der Waals surface area contributed by atoms with E-state index in [0.717, 1.165) is 5.56 Å². The number of nitrogens with zero attached hydrogens (tertiary/aromatic N) is 1. The number of allylic oxidation sites excluding steroid dienone is 1. The first-order chi connectivity index (χ1) is 12.0. The van der Waals surface area contributed by atoms with Gasteiger partial charge in [-0.1, -0.05) is 42.5 Å². The van der Waals surface area contributed by atoms with Crippen LogP contribution in [0, 0.1) is 5.41 Å². The van der Waals surface area contributed by atoms with Gasteiger partial charge in [-0.3, -0.25) is 14.4 Å². The van der Waals surface area contributed by atoms with Crippen molar-refractivity contribution in [2.45, 2.75) is 12.8 Å². The minimum Gasteiger partial charge on any atom is -0.480 e. The zero-order chi connectivity index (χ0) is 18.3. The Hall–Kier alpha value is -2.67. The van der Waals surface area contributed by atoms with E-state index in [1.807, 2.05) is 30.3 Å². The van der Waals surface area contributed by atoms with Gasteiger partial charge < -0.3 is 19.8 Å². The van der Waals surface area contributed by atoms with Gasteiger partial charge in [0.25, 0.3) is 0 Å². The second kappa shape index (κ2) is 8.43. The molecular formula is C18H21NO6. The van der Waals surface area contributed by atoms with Crippen molar-refractivity contribution in [3.63, 3.8) is 0 Å². The summed E-state index contributed by atoms with van der Waals surface area (Å²) in [4.78, 5) is 37.3. The predicted octanol–water partition coefficient (Wildman–Crippen LogP) is 1.49. The third-order valence-electron chi connectivity index (χ3n) is 4.21. The third-order valence-corrected chi connectivity index (χ3v) is 4.21. The number of aliphatic carboxylic acids is 2. The highest BCUT2D eigenvalue weighted by molar-refractivity contribution is 6.02. The van der Waals surface area contributed by atoms with Crippen LogP contribution in [0.3, 0.4) is 0 Å². The molecule has 7 nitrogen and oxygen atoms in total. The molecule has 0 radical (unpaired) electrons. The van der Waals surface area contributed by atoms with Crippen molar-refractivity contribution in [2.24, 2.45) is 5.41 Å². The SMILES string of the molecule is O=C(CC(C/C=C/c1ccccc1)(C(=O)O)C(=O)O)N1CCOCC1. The predicted molar refractivity (Wildman–Crippen MR) is 89.8 cm³/mol. The molecule has 2 rings (SSSR count). The maximum Gasteiger partial charge on any atom is 0.321 e. The maximum absolute atomic E-state index is 12.4. The van der Waals surface area contributed by atoms with E-state index in [-0.39, 0.29) is 6.42 Å². The summed E-state index contributed by atoms with van der Waals surface area (Å²) in [6.45, 7) is 1.42. The second-order valence-electron chi connectivity index (χ2n) is 5.88. The Morgan fingerprint density at radius 2 is 1.68 bits per heavy atom. The largest absolute Gasteiger partial charge is 0.480 e. The monoisotopic (exact) mass is 347 g/mol. The van der Waals surface area contributed by atoms with Gasteiger partial charge in [-0.15, -0.1) is 0 Å². The van der Waals surface area contributed by atoms with Crippen LogP contribution in [0.1, 0.15) is 18.4 Å². The van der Waals surface area contributed by atoms with Gasteiger partial charge in [0.2, 0.25) is 5.91 Å². The van der Waals surface area contributed by atoms with E-state index in [4.69, 9.17) is 4.74 Å². The highest BCUT2D eigenvalue weighted by Crippen LogP contribution is 2.30. The average Bonchev–Trinajstić information content (AvgIpc) is 2.62. The second-order valence-corrected chi connectivity index (χ2v) is 5.88. The number of benzene rings is 1. The van der Waals surface area contributed by atoms with E-state index in [9.17, 15) is 24.6 Å². The lowest BCUT2D eigenvalue weighted by atomic mass is 9.80. The summed E-state index contributed by atoms with van der Waals surface area (Å²) in [6.07, 6.45) is 2.28. The molecule has 1 amide bonds. The third kappa shape index (κ3) is 4.67. The van der Waals surface area contributed by atoms with Gasteiger partial charge >= 0.3 is 11.9 Å². The number of morpholine rings is 1. The molecule has 0 spiro atoms. The number of amides is 1. The van der Waals surface area contributed by atoms with Crippen LogP contribution >= 0.6 is 0 Å². The van der Waals surface area contributed by atoms with Crippen molar-refractivity contribution < 1.29 is 29.3 Å². The molecule has 25 heavy (non-hydrogen) atoms. The molecule has 2 N–H and O–H groups in total. The molecule has 0 bridgehead atoms. The molecule has 0 saturated carbocycles. The van der Waals surface area contributed by atoms with Crippen molar-refractivity contribution in [2.75, 3.05) is 26.3 Å². The summed E-state index contributed by atoms with van der Waals surface area (Å²) in [5.74, 6) is -3.51. The zero-order valence-electron chi connectivity index (χ0n) is 13.8. The molecular weight excluding hydrogens is 326 g/mol. The van der Waals surface area contributed by atoms with Gasteiger partial charge in [0.1, 0.15) is 0 Å². The minimum atomic E-state index is -2.18. The van der Waals surface area contributed by atoms with Gasteiger partial charge in [0.15, 0.2) is 5.41 Å². The fourth-order valence-corrected chi connectivity index (χ4v) is 2.63. The Morgan fingerprint density at radius 3 is 2.24 bits per heavy atom. The minimum absolute atomic E-state index is 0.275. The van der Waals surface area contributed by atoms with Crippen molar-refractivity contribution >= 4 is 23.9 Å². The Kier molecular flexibility index (Phi) is 6.30. The fraction of sp³-hybridized carbons (Fsp3) is 0.389. The van der Waals surface area contributed by atoms with E-state index in [2.05, 4.69) is 0 Å². The number of rotatable bonds is 7. The maximum atomic E-state index is 12.4. The number of carboxylic acids is 2. The van der Waals surface area contributed by atoms with Crippen LogP contribution in [0.15, 0.2) is 36.4 Å². The molecule has 1 aliphatic heterocycles. The van der Waals surface area contributed by atoms with Crippen LogP contribution in [-0.2, 0) is 19.1 Å². The molecule has 0 unspecified atom stereocenters. The molecule has 1 aromatic rings. The van der Waals surface area contributed by atoms with Gasteiger partial charge in [-0.25, -0.2) is 0 Å². The first-order valence-corrected chi connectivity index (χ1v) is 7.99. The van der Waals surface area contributed by atoms with Crippen LogP contribution in [0.25, 0.3) is 6.08 Å². The molecule has 1 fully saturated rings. The van der Waals surface area contributed by atoms with Crippen molar-refractivity contribution in [1.82, 2.24) is 4.90 Å². The van der Waals surface area contributed by atoms with E-state index >= 15 is 0 Å². The highest BCUT2D eigenvalue weighted by Gasteiger charge is 2.48. The smallest absolute Gasteiger partial charge is 0.321 e. The van der Waals surface area contributed by atoms with Gasteiger partial charge in [-0.2, -0.15) is 0 Å². The Balaban J connectivity index is 2.15. The molecule has 134 valence electrons. The van der Waals surface area contributed by atoms with Crippen molar-refractivity contribution in [3.8, 4) is 0 Å². The number of ether oxygens (including phenoxy) is 1. The standard InChI is InChI=1S/C18H21NO6/c20-15(19-9-11-25-12-10-19)13-18(16(21)22,17(23)24)8-4-7-14-5-2-1-3-6-14/h1-7H,8-13H2,(H,21,22)(H,23,24)/b7-4+. The van der Waals surface area contributed by atoms with Gasteiger partial charge in [0, 0.05) is 13.1 Å². The molecule has 1 aromatic carbocycles. The Labute approximate surface area is 145 Å². The van der Waals surface area contributed by atoms with Crippen LogP contribution < -0.4 is 0 Å².